The second kappa shape index (κ2) is 7.52. The van der Waals surface area contributed by atoms with Gasteiger partial charge < -0.3 is 5.32 Å². The fourth-order valence-corrected chi connectivity index (χ4v) is 4.72. The average Bonchev–Trinajstić information content (AvgIpc) is 3.11. The number of nitrogens with zero attached hydrogens (tertiary/aromatic N) is 1. The summed E-state index contributed by atoms with van der Waals surface area (Å²) in [6.45, 7) is 0.856. The van der Waals surface area contributed by atoms with Crippen LogP contribution >= 0.6 is 23.2 Å². The van der Waals surface area contributed by atoms with Crippen molar-refractivity contribution in [3.8, 4) is 0 Å². The first-order chi connectivity index (χ1) is 12.3. The van der Waals surface area contributed by atoms with Crippen LogP contribution in [-0.2, 0) is 10.0 Å². The number of nitrogens with one attached hydrogen (secondary N) is 1. The molecule has 3 rings (SSSR count). The number of hydrogen-bond donors (Lipinski definition) is 1. The first-order valence-electron chi connectivity index (χ1n) is 7.85. The Morgan fingerprint density at radius 1 is 1.08 bits per heavy atom. The van der Waals surface area contributed by atoms with Crippen LogP contribution in [0.5, 0.6) is 0 Å². The highest BCUT2D eigenvalue weighted by Crippen LogP contribution is 2.26. The minimum absolute atomic E-state index is 0.128. The van der Waals surface area contributed by atoms with Crippen LogP contribution in [0.4, 0.5) is 10.1 Å². The van der Waals surface area contributed by atoms with E-state index in [1.165, 1.54) is 34.6 Å². The van der Waals surface area contributed by atoms with E-state index < -0.39 is 21.7 Å². The van der Waals surface area contributed by atoms with Crippen LogP contribution in [0.15, 0.2) is 41.3 Å². The summed E-state index contributed by atoms with van der Waals surface area (Å²) in [5, 5.41) is 2.88. The number of carbonyl (C=O) groups is 1. The second-order valence-electron chi connectivity index (χ2n) is 5.83. The summed E-state index contributed by atoms with van der Waals surface area (Å²) in [6, 6.07) is 7.72. The molecule has 0 unspecified atom stereocenters. The number of rotatable bonds is 4. The largest absolute Gasteiger partial charge is 0.319 e. The standard InChI is InChI=1S/C17H15Cl2FN2O3S/c18-11-3-5-13(14(19)9-11)17(23)21-16-6-4-12(10-15(16)20)26(24,25)22-7-1-2-8-22/h3-6,9-10H,1-2,7-8H2,(H,21,23). The van der Waals surface area contributed by atoms with Gasteiger partial charge in [0.25, 0.3) is 5.91 Å². The van der Waals surface area contributed by atoms with Crippen molar-refractivity contribution in [2.45, 2.75) is 17.7 Å². The van der Waals surface area contributed by atoms with Gasteiger partial charge in [0.05, 0.1) is 21.2 Å². The summed E-state index contributed by atoms with van der Waals surface area (Å²) in [5.74, 6) is -1.47. The first kappa shape index (κ1) is 19.1. The highest BCUT2D eigenvalue weighted by atomic mass is 35.5. The van der Waals surface area contributed by atoms with Crippen LogP contribution in [-0.4, -0.2) is 31.7 Å². The van der Waals surface area contributed by atoms with Gasteiger partial charge in [-0.15, -0.1) is 0 Å². The SMILES string of the molecule is O=C(Nc1ccc(S(=O)(=O)N2CCCC2)cc1F)c1ccc(Cl)cc1Cl. The molecular weight excluding hydrogens is 402 g/mol. The molecule has 1 N–H and O–H groups in total. The summed E-state index contributed by atoms with van der Waals surface area (Å²) in [6.07, 6.45) is 1.58. The predicted molar refractivity (Wildman–Crippen MR) is 98.8 cm³/mol. The lowest BCUT2D eigenvalue weighted by Gasteiger charge is -2.16. The minimum Gasteiger partial charge on any atom is -0.319 e. The molecule has 1 heterocycles. The Bertz CT molecular complexity index is 960. The zero-order valence-electron chi connectivity index (χ0n) is 13.5. The summed E-state index contributed by atoms with van der Waals surface area (Å²) >= 11 is 11.7. The molecule has 1 amide bonds. The highest BCUT2D eigenvalue weighted by Gasteiger charge is 2.28. The molecule has 2 aromatic carbocycles. The van der Waals surface area contributed by atoms with Gasteiger partial charge >= 0.3 is 0 Å². The van der Waals surface area contributed by atoms with Crippen molar-refractivity contribution in [3.05, 3.63) is 57.8 Å². The number of halogens is 3. The van der Waals surface area contributed by atoms with E-state index in [0.29, 0.717) is 18.1 Å². The molecule has 0 radical (unpaired) electrons. The topological polar surface area (TPSA) is 66.5 Å². The monoisotopic (exact) mass is 416 g/mol. The van der Waals surface area contributed by atoms with Crippen molar-refractivity contribution in [2.75, 3.05) is 18.4 Å². The molecular formula is C17H15Cl2FN2O3S. The summed E-state index contributed by atoms with van der Waals surface area (Å²) in [7, 11) is -3.73. The first-order valence-corrected chi connectivity index (χ1v) is 10.0. The number of amides is 1. The quantitative estimate of drug-likeness (QED) is 0.812. The zero-order chi connectivity index (χ0) is 18.9. The average molecular weight is 417 g/mol. The lowest BCUT2D eigenvalue weighted by molar-refractivity contribution is 0.102. The highest BCUT2D eigenvalue weighted by molar-refractivity contribution is 7.89. The van der Waals surface area contributed by atoms with Crippen LogP contribution in [0, 0.1) is 5.82 Å². The van der Waals surface area contributed by atoms with E-state index in [-0.39, 0.29) is 21.2 Å². The van der Waals surface area contributed by atoms with Crippen LogP contribution < -0.4 is 5.32 Å². The lowest BCUT2D eigenvalue weighted by Crippen LogP contribution is -2.28. The Labute approximate surface area is 160 Å². The number of anilines is 1. The van der Waals surface area contributed by atoms with Crippen LogP contribution in [0.3, 0.4) is 0 Å². The fourth-order valence-electron chi connectivity index (χ4n) is 2.70. The van der Waals surface area contributed by atoms with E-state index in [1.54, 1.807) is 0 Å². The molecule has 0 spiro atoms. The molecule has 1 aliphatic heterocycles. The Balaban J connectivity index is 1.83. The van der Waals surface area contributed by atoms with Crippen molar-refractivity contribution in [2.24, 2.45) is 0 Å². The minimum atomic E-state index is -3.73. The molecule has 5 nitrogen and oxygen atoms in total. The number of benzene rings is 2. The van der Waals surface area contributed by atoms with Crippen LogP contribution in [0.2, 0.25) is 10.0 Å². The van der Waals surface area contributed by atoms with Crippen molar-refractivity contribution < 1.29 is 17.6 Å². The van der Waals surface area contributed by atoms with Gasteiger partial charge in [0.1, 0.15) is 5.82 Å². The number of sulfonamides is 1. The molecule has 0 aromatic heterocycles. The third-order valence-corrected chi connectivity index (χ3v) is 6.51. The molecule has 0 atom stereocenters. The lowest BCUT2D eigenvalue weighted by atomic mass is 10.2. The van der Waals surface area contributed by atoms with Crippen LogP contribution in [0.25, 0.3) is 0 Å². The normalized spacial score (nSPS) is 15.2. The number of hydrogen-bond acceptors (Lipinski definition) is 3. The molecule has 1 fully saturated rings. The van der Waals surface area contributed by atoms with E-state index in [9.17, 15) is 17.6 Å². The molecule has 0 bridgehead atoms. The molecule has 0 saturated carbocycles. The third kappa shape index (κ3) is 3.86. The van der Waals surface area contributed by atoms with Gasteiger partial charge in [-0.3, -0.25) is 4.79 Å². The van der Waals surface area contributed by atoms with Gasteiger partial charge in [-0.2, -0.15) is 4.31 Å². The van der Waals surface area contributed by atoms with Crippen molar-refractivity contribution in [1.29, 1.82) is 0 Å². The second-order valence-corrected chi connectivity index (χ2v) is 8.61. The Morgan fingerprint density at radius 3 is 2.38 bits per heavy atom. The fraction of sp³-hybridized carbons (Fsp3) is 0.235. The third-order valence-electron chi connectivity index (χ3n) is 4.07. The van der Waals surface area contributed by atoms with E-state index in [1.807, 2.05) is 0 Å². The van der Waals surface area contributed by atoms with Crippen molar-refractivity contribution >= 4 is 44.8 Å². The van der Waals surface area contributed by atoms with Gasteiger partial charge in [0, 0.05) is 18.1 Å². The Kier molecular flexibility index (Phi) is 5.53. The summed E-state index contributed by atoms with van der Waals surface area (Å²) in [4.78, 5) is 12.1. The maximum Gasteiger partial charge on any atom is 0.257 e. The van der Waals surface area contributed by atoms with Gasteiger partial charge in [-0.25, -0.2) is 12.8 Å². The van der Waals surface area contributed by atoms with E-state index in [2.05, 4.69) is 5.32 Å². The summed E-state index contributed by atoms with van der Waals surface area (Å²) in [5.41, 5.74) is -0.00869. The van der Waals surface area contributed by atoms with Gasteiger partial charge in [-0.1, -0.05) is 23.2 Å². The molecule has 1 saturated heterocycles. The smallest absolute Gasteiger partial charge is 0.257 e. The predicted octanol–water partition coefficient (Wildman–Crippen LogP) is 4.17. The van der Waals surface area contributed by atoms with Gasteiger partial charge in [-0.05, 0) is 49.2 Å². The molecule has 9 heteroatoms. The molecule has 26 heavy (non-hydrogen) atoms. The van der Waals surface area contributed by atoms with Crippen LogP contribution in [0.1, 0.15) is 23.2 Å². The van der Waals surface area contributed by atoms with Gasteiger partial charge in [0.2, 0.25) is 10.0 Å². The maximum absolute atomic E-state index is 14.4. The van der Waals surface area contributed by atoms with Crippen molar-refractivity contribution in [3.63, 3.8) is 0 Å². The Hall–Kier alpha value is -1.67. The molecule has 2 aromatic rings. The van der Waals surface area contributed by atoms with E-state index in [0.717, 1.165) is 18.9 Å². The summed E-state index contributed by atoms with van der Waals surface area (Å²) < 4.78 is 40.6. The molecule has 1 aliphatic rings. The van der Waals surface area contributed by atoms with Crippen molar-refractivity contribution in [1.82, 2.24) is 4.31 Å². The zero-order valence-corrected chi connectivity index (χ0v) is 15.8. The van der Waals surface area contributed by atoms with E-state index in [4.69, 9.17) is 23.2 Å². The van der Waals surface area contributed by atoms with Gasteiger partial charge in [0.15, 0.2) is 0 Å². The number of carbonyl (C=O) groups excluding carboxylic acids is 1. The molecule has 138 valence electrons. The molecule has 0 aliphatic carbocycles. The Morgan fingerprint density at radius 2 is 1.77 bits per heavy atom. The maximum atomic E-state index is 14.4. The van der Waals surface area contributed by atoms with E-state index >= 15 is 0 Å².